The Morgan fingerprint density at radius 3 is 1.37 bits per heavy atom. The van der Waals surface area contributed by atoms with E-state index < -0.39 is 0 Å². The molecule has 2 aliphatic heterocycles. The van der Waals surface area contributed by atoms with Gasteiger partial charge >= 0.3 is 0 Å². The molecule has 0 saturated carbocycles. The van der Waals surface area contributed by atoms with Crippen LogP contribution in [0.5, 0.6) is 0 Å². The van der Waals surface area contributed by atoms with Crippen molar-refractivity contribution in [1.29, 1.82) is 0 Å². The topological polar surface area (TPSA) is 94.2 Å². The second-order valence-electron chi connectivity index (χ2n) is 10.8. The van der Waals surface area contributed by atoms with Crippen LogP contribution in [0.3, 0.4) is 0 Å². The van der Waals surface area contributed by atoms with Gasteiger partial charge in [-0.2, -0.15) is 10.2 Å². The number of aromatic nitrogens is 4. The zero-order valence-electron chi connectivity index (χ0n) is 22.5. The maximum atomic E-state index is 6.29. The number of aryl methyl sites for hydroxylation is 2. The molecule has 4 atom stereocenters. The van der Waals surface area contributed by atoms with Crippen molar-refractivity contribution in [2.75, 3.05) is 26.2 Å². The van der Waals surface area contributed by atoms with Crippen LogP contribution in [-0.4, -0.2) is 67.6 Å². The fraction of sp³-hybridized carbons (Fsp3) is 0.400. The molecular formula is C30H40N8. The van der Waals surface area contributed by atoms with Gasteiger partial charge in [0.15, 0.2) is 0 Å². The van der Waals surface area contributed by atoms with Crippen LogP contribution in [0, 0.1) is 0 Å². The van der Waals surface area contributed by atoms with Gasteiger partial charge in [0.1, 0.15) is 0 Å². The maximum Gasteiger partial charge on any atom is 0.0525 e. The zero-order chi connectivity index (χ0) is 26.5. The van der Waals surface area contributed by atoms with E-state index in [1.54, 1.807) is 0 Å². The molecule has 0 bridgehead atoms. The molecule has 0 amide bonds. The lowest BCUT2D eigenvalue weighted by molar-refractivity contribution is 0.324. The Hall–Kier alpha value is -3.30. The summed E-state index contributed by atoms with van der Waals surface area (Å²) in [7, 11) is 3.90. The van der Waals surface area contributed by atoms with Crippen LogP contribution >= 0.6 is 0 Å². The molecule has 200 valence electrons. The minimum atomic E-state index is 0.202. The molecule has 2 aromatic carbocycles. The standard InChI is InChI=1S/2C15H20N4/c2*1-18-9-13(7-17-18)14-10-19(11-15(14)16)8-12-5-3-2-4-6-12/h2*2-7,9,14-15H,8,10-11,16H2,1H3/t2*14-,15+/m10/s1. The van der Waals surface area contributed by atoms with Gasteiger partial charge in [-0.1, -0.05) is 60.7 Å². The van der Waals surface area contributed by atoms with Crippen LogP contribution in [0.4, 0.5) is 0 Å². The van der Waals surface area contributed by atoms with E-state index in [2.05, 4.69) is 93.1 Å². The first-order valence-electron chi connectivity index (χ1n) is 13.5. The Kier molecular flexibility index (Phi) is 8.34. The minimum Gasteiger partial charge on any atom is -0.326 e. The van der Waals surface area contributed by atoms with Crippen LogP contribution in [-0.2, 0) is 27.2 Å². The van der Waals surface area contributed by atoms with E-state index >= 15 is 0 Å². The van der Waals surface area contributed by atoms with Crippen molar-refractivity contribution in [2.45, 2.75) is 37.0 Å². The number of nitrogens with zero attached hydrogens (tertiary/aromatic N) is 6. The highest BCUT2D eigenvalue weighted by atomic mass is 15.3. The average molecular weight is 513 g/mol. The Morgan fingerprint density at radius 2 is 1.03 bits per heavy atom. The lowest BCUT2D eigenvalue weighted by atomic mass is 9.98. The lowest BCUT2D eigenvalue weighted by Crippen LogP contribution is -2.28. The number of benzene rings is 2. The van der Waals surface area contributed by atoms with Crippen LogP contribution < -0.4 is 11.5 Å². The van der Waals surface area contributed by atoms with Crippen LogP contribution in [0.15, 0.2) is 85.5 Å². The fourth-order valence-electron chi connectivity index (χ4n) is 5.74. The van der Waals surface area contributed by atoms with E-state index in [1.807, 2.05) is 35.9 Å². The molecule has 2 aromatic heterocycles. The first-order valence-corrected chi connectivity index (χ1v) is 13.5. The summed E-state index contributed by atoms with van der Waals surface area (Å²) in [4.78, 5) is 4.86. The van der Waals surface area contributed by atoms with E-state index in [9.17, 15) is 0 Å². The Morgan fingerprint density at radius 1 is 0.632 bits per heavy atom. The normalized spacial score (nSPS) is 23.9. The molecule has 8 heteroatoms. The molecular weight excluding hydrogens is 472 g/mol. The zero-order valence-corrected chi connectivity index (χ0v) is 22.5. The molecule has 0 unspecified atom stereocenters. The van der Waals surface area contributed by atoms with Crippen molar-refractivity contribution < 1.29 is 0 Å². The molecule has 8 nitrogen and oxygen atoms in total. The van der Waals surface area contributed by atoms with E-state index in [0.29, 0.717) is 11.8 Å². The predicted octanol–water partition coefficient (Wildman–Crippen LogP) is 2.69. The molecule has 4 heterocycles. The average Bonchev–Trinajstić information content (AvgIpc) is 3.69. The monoisotopic (exact) mass is 512 g/mol. The predicted molar refractivity (Wildman–Crippen MR) is 151 cm³/mol. The Balaban J connectivity index is 0.000000155. The molecule has 6 rings (SSSR count). The summed E-state index contributed by atoms with van der Waals surface area (Å²) in [6.07, 6.45) is 8.04. The lowest BCUT2D eigenvalue weighted by Gasteiger charge is -2.15. The summed E-state index contributed by atoms with van der Waals surface area (Å²) in [5, 5.41) is 8.49. The third-order valence-corrected chi connectivity index (χ3v) is 7.69. The molecule has 4 N–H and O–H groups in total. The van der Waals surface area contributed by atoms with E-state index in [0.717, 1.165) is 39.3 Å². The number of nitrogens with two attached hydrogens (primary N) is 2. The van der Waals surface area contributed by atoms with Gasteiger partial charge in [-0.3, -0.25) is 19.2 Å². The van der Waals surface area contributed by atoms with Gasteiger partial charge in [0, 0.05) is 89.7 Å². The van der Waals surface area contributed by atoms with Crippen molar-refractivity contribution in [2.24, 2.45) is 25.6 Å². The van der Waals surface area contributed by atoms with Gasteiger partial charge in [-0.15, -0.1) is 0 Å². The van der Waals surface area contributed by atoms with Crippen molar-refractivity contribution in [3.8, 4) is 0 Å². The van der Waals surface area contributed by atoms with Crippen molar-refractivity contribution in [1.82, 2.24) is 29.4 Å². The van der Waals surface area contributed by atoms with Crippen molar-refractivity contribution in [3.63, 3.8) is 0 Å². The summed E-state index contributed by atoms with van der Waals surface area (Å²) >= 11 is 0. The number of hydrogen-bond acceptors (Lipinski definition) is 6. The summed E-state index contributed by atoms with van der Waals surface area (Å²) in [5.41, 5.74) is 17.8. The van der Waals surface area contributed by atoms with Gasteiger partial charge in [0.2, 0.25) is 0 Å². The second-order valence-corrected chi connectivity index (χ2v) is 10.8. The summed E-state index contributed by atoms with van der Waals surface area (Å²) in [6, 6.07) is 21.5. The van der Waals surface area contributed by atoms with Crippen LogP contribution in [0.25, 0.3) is 0 Å². The minimum absolute atomic E-state index is 0.202. The molecule has 38 heavy (non-hydrogen) atoms. The largest absolute Gasteiger partial charge is 0.326 e. The molecule has 0 aliphatic carbocycles. The maximum absolute atomic E-state index is 6.29. The highest BCUT2D eigenvalue weighted by molar-refractivity contribution is 5.21. The molecule has 4 aromatic rings. The van der Waals surface area contributed by atoms with Gasteiger partial charge < -0.3 is 11.5 Å². The van der Waals surface area contributed by atoms with Gasteiger partial charge in [0.25, 0.3) is 0 Å². The van der Waals surface area contributed by atoms with E-state index in [4.69, 9.17) is 11.5 Å². The van der Waals surface area contributed by atoms with Crippen molar-refractivity contribution >= 4 is 0 Å². The highest BCUT2D eigenvalue weighted by Crippen LogP contribution is 2.28. The molecule has 0 spiro atoms. The number of rotatable bonds is 6. The summed E-state index contributed by atoms with van der Waals surface area (Å²) in [6.45, 7) is 5.89. The molecule has 2 aliphatic rings. The third-order valence-electron chi connectivity index (χ3n) is 7.69. The fourth-order valence-corrected chi connectivity index (χ4v) is 5.74. The summed E-state index contributed by atoms with van der Waals surface area (Å²) < 4.78 is 3.70. The molecule has 2 fully saturated rings. The Bertz CT molecular complexity index is 1170. The number of hydrogen-bond donors (Lipinski definition) is 2. The highest BCUT2D eigenvalue weighted by Gasteiger charge is 2.32. The SMILES string of the molecule is Cn1cc([C@@H]2CN(Cc3ccccc3)C[C@H]2N)cn1.Cn1cc([C@H]2CN(Cc3ccccc3)C[C@@H]2N)cn1. The van der Waals surface area contributed by atoms with Gasteiger partial charge in [-0.05, 0) is 22.3 Å². The number of likely N-dealkylation sites (tertiary alicyclic amines) is 2. The third kappa shape index (κ3) is 6.57. The Labute approximate surface area is 225 Å². The van der Waals surface area contributed by atoms with Crippen LogP contribution in [0.1, 0.15) is 34.1 Å². The first-order chi connectivity index (χ1) is 18.4. The molecule has 2 saturated heterocycles. The first kappa shape index (κ1) is 26.3. The van der Waals surface area contributed by atoms with E-state index in [1.165, 1.54) is 22.3 Å². The van der Waals surface area contributed by atoms with Gasteiger partial charge in [-0.25, -0.2) is 0 Å². The molecule has 0 radical (unpaired) electrons. The van der Waals surface area contributed by atoms with E-state index in [-0.39, 0.29) is 12.1 Å². The second kappa shape index (κ2) is 12.0. The van der Waals surface area contributed by atoms with Gasteiger partial charge in [0.05, 0.1) is 12.4 Å². The van der Waals surface area contributed by atoms with Crippen LogP contribution in [0.2, 0.25) is 0 Å². The summed E-state index contributed by atoms with van der Waals surface area (Å²) in [5.74, 6) is 0.801. The quantitative estimate of drug-likeness (QED) is 0.413. The van der Waals surface area contributed by atoms with Crippen molar-refractivity contribution in [3.05, 3.63) is 108 Å². The smallest absolute Gasteiger partial charge is 0.0525 e.